The van der Waals surface area contributed by atoms with Gasteiger partial charge in [0.25, 0.3) is 0 Å². The van der Waals surface area contributed by atoms with Crippen molar-refractivity contribution in [2.24, 2.45) is 0 Å². The van der Waals surface area contributed by atoms with E-state index in [0.29, 0.717) is 13.2 Å². The summed E-state index contributed by atoms with van der Waals surface area (Å²) in [5.41, 5.74) is 0. The molecule has 0 aliphatic heterocycles. The monoisotopic (exact) mass is 444 g/mol. The molecule has 0 rings (SSSR count). The van der Waals surface area contributed by atoms with Crippen LogP contribution in [0.2, 0.25) is 9.88 Å². The Hall–Kier alpha value is 0.439. The molecule has 7 heteroatoms. The van der Waals surface area contributed by atoms with Crippen LogP contribution in [0.25, 0.3) is 0 Å². The zero-order valence-electron chi connectivity index (χ0n) is 13.6. The summed E-state index contributed by atoms with van der Waals surface area (Å²) in [5.74, 6) is 1.08. The van der Waals surface area contributed by atoms with Crippen molar-refractivity contribution in [2.45, 2.75) is 49.4 Å². The van der Waals surface area contributed by atoms with Crippen LogP contribution in [-0.2, 0) is 44.3 Å². The molecule has 0 bridgehead atoms. The van der Waals surface area contributed by atoms with Crippen LogP contribution in [0.4, 0.5) is 0 Å². The van der Waals surface area contributed by atoms with Crippen molar-refractivity contribution < 1.29 is 19.1 Å². The van der Waals surface area contributed by atoms with Crippen molar-refractivity contribution in [1.82, 2.24) is 0 Å². The van der Waals surface area contributed by atoms with Crippen LogP contribution in [-0.4, -0.2) is 57.8 Å². The fourth-order valence-corrected chi connectivity index (χ4v) is 1.25. The standard InChI is InChI=1S/2C6H12O2S.2CH3.Sn/c2*1-6(7)8-4-2-3-5-9;;;/h2*9H,2-5H2,1H3;2*1H3;/q;;;;+2/p-2. The molecule has 0 aliphatic rings. The molecule has 0 heterocycles. The molecule has 124 valence electrons. The van der Waals surface area contributed by atoms with Crippen LogP contribution in [0.5, 0.6) is 0 Å². The van der Waals surface area contributed by atoms with E-state index < -0.39 is 0 Å². The third-order valence-corrected chi connectivity index (χ3v) is 2.27. The minimum absolute atomic E-state index is 0.209. The second-order valence-electron chi connectivity index (χ2n) is 4.00. The number of carbonyl (C=O) groups excluding carboxylic acids is 2. The van der Waals surface area contributed by atoms with Gasteiger partial charge in [0, 0.05) is 13.8 Å². The van der Waals surface area contributed by atoms with Crippen LogP contribution < -0.4 is 0 Å². The first-order chi connectivity index (χ1) is 9.95. The van der Waals surface area contributed by atoms with E-state index in [0.717, 1.165) is 37.2 Å². The van der Waals surface area contributed by atoms with Gasteiger partial charge in [-0.2, -0.15) is 11.5 Å². The van der Waals surface area contributed by atoms with Gasteiger partial charge in [-0.3, -0.25) is 9.59 Å². The van der Waals surface area contributed by atoms with Crippen molar-refractivity contribution in [3.63, 3.8) is 0 Å². The predicted molar refractivity (Wildman–Crippen MR) is 93.7 cm³/mol. The van der Waals surface area contributed by atoms with Crippen molar-refractivity contribution in [3.8, 4) is 0 Å². The number of hydrogen-bond donors (Lipinski definition) is 0. The van der Waals surface area contributed by atoms with Gasteiger partial charge in [-0.05, 0) is 12.8 Å². The molecule has 21 heavy (non-hydrogen) atoms. The normalized spacial score (nSPS) is 8.29. The summed E-state index contributed by atoms with van der Waals surface area (Å²) in [6, 6.07) is 0. The van der Waals surface area contributed by atoms with E-state index in [2.05, 4.69) is 19.4 Å². The topological polar surface area (TPSA) is 52.6 Å². The quantitative estimate of drug-likeness (QED) is 0.249. The van der Waals surface area contributed by atoms with E-state index in [1.807, 2.05) is 0 Å². The average molecular weight is 443 g/mol. The molecule has 0 atom stereocenters. The molecule has 4 nitrogen and oxygen atoms in total. The van der Waals surface area contributed by atoms with E-state index >= 15 is 0 Å². The molecule has 0 unspecified atom stereocenters. The fraction of sp³-hybridized carbons (Fsp3) is 0.857. The first-order valence-corrected chi connectivity index (χ1v) is 13.8. The van der Waals surface area contributed by atoms with Crippen LogP contribution in [0.1, 0.15) is 39.5 Å². The molecule has 0 saturated carbocycles. The number of unbranched alkanes of at least 4 members (excludes halogenated alkanes) is 2. The van der Waals surface area contributed by atoms with Gasteiger partial charge in [0.1, 0.15) is 0 Å². The van der Waals surface area contributed by atoms with Crippen molar-refractivity contribution in [1.29, 1.82) is 0 Å². The third kappa shape index (κ3) is 44.9. The third-order valence-electron chi connectivity index (χ3n) is 1.69. The van der Waals surface area contributed by atoms with Crippen LogP contribution >= 0.6 is 0 Å². The Labute approximate surface area is 151 Å². The van der Waals surface area contributed by atoms with Gasteiger partial charge in [-0.15, -0.1) is 0 Å². The van der Waals surface area contributed by atoms with Gasteiger partial charge in [-0.25, -0.2) is 0 Å². The molecule has 0 amide bonds. The second kappa shape index (κ2) is 25.4. The molecule has 0 radical (unpaired) electrons. The number of carbonyl (C=O) groups is 2. The van der Waals surface area contributed by atoms with Crippen molar-refractivity contribution >= 4 is 58.3 Å². The number of rotatable bonds is 8. The molecule has 0 spiro atoms. The van der Waals surface area contributed by atoms with Crippen LogP contribution in [0.15, 0.2) is 0 Å². The van der Waals surface area contributed by atoms with E-state index in [1.54, 1.807) is 0 Å². The number of hydrogen-bond acceptors (Lipinski definition) is 6. The predicted octanol–water partition coefficient (Wildman–Crippen LogP) is 2.54. The molecule has 0 fully saturated rings. The van der Waals surface area contributed by atoms with Gasteiger partial charge < -0.3 is 34.7 Å². The Morgan fingerprint density at radius 2 is 1.10 bits per heavy atom. The van der Waals surface area contributed by atoms with Gasteiger partial charge >= 0.3 is 43.0 Å². The van der Waals surface area contributed by atoms with E-state index in [9.17, 15) is 9.59 Å². The molecule has 0 aliphatic carbocycles. The Bertz CT molecular complexity index is 207. The molecular formula is C14H28O4S2Sn. The van der Waals surface area contributed by atoms with E-state index in [4.69, 9.17) is 25.3 Å². The zero-order valence-corrected chi connectivity index (χ0v) is 18.1. The summed E-state index contributed by atoms with van der Waals surface area (Å²) >= 11 is 9.61. The first kappa shape index (κ1) is 26.3. The van der Waals surface area contributed by atoms with E-state index in [1.165, 1.54) is 13.8 Å². The van der Waals surface area contributed by atoms with Crippen LogP contribution in [0.3, 0.4) is 0 Å². The van der Waals surface area contributed by atoms with Gasteiger partial charge in [0.15, 0.2) is 0 Å². The maximum atomic E-state index is 10.2. The van der Waals surface area contributed by atoms with Gasteiger partial charge in [0.05, 0.1) is 13.2 Å². The molecular weight excluding hydrogens is 415 g/mol. The Kier molecular flexibility index (Phi) is 31.9. The summed E-state index contributed by atoms with van der Waals surface area (Å²) in [5, 5.41) is 0. The van der Waals surface area contributed by atoms with Crippen LogP contribution in [0, 0.1) is 0 Å². The molecule has 0 N–H and O–H groups in total. The molecule has 0 saturated heterocycles. The van der Waals surface area contributed by atoms with Crippen molar-refractivity contribution in [3.05, 3.63) is 0 Å². The number of esters is 2. The fourth-order valence-electron chi connectivity index (χ4n) is 0.840. The van der Waals surface area contributed by atoms with Crippen molar-refractivity contribution in [2.75, 3.05) is 24.7 Å². The second-order valence-corrected chi connectivity index (χ2v) is 7.67. The first-order valence-electron chi connectivity index (χ1n) is 6.97. The number of ether oxygens (including phenoxy) is 2. The summed E-state index contributed by atoms with van der Waals surface area (Å²) in [7, 11) is 0. The SMILES string of the molecule is CC(=O)OCCCC[S-].CC(=O)OCCCC[S-].[CH3][Sn+2][CH3]. The average Bonchev–Trinajstić information content (AvgIpc) is 2.41. The Balaban J connectivity index is -0.000000260. The van der Waals surface area contributed by atoms with E-state index in [-0.39, 0.29) is 33.1 Å². The summed E-state index contributed by atoms with van der Waals surface area (Å²) < 4.78 is 9.32. The Morgan fingerprint density at radius 1 is 0.810 bits per heavy atom. The Morgan fingerprint density at radius 3 is 1.29 bits per heavy atom. The summed E-state index contributed by atoms with van der Waals surface area (Å²) in [4.78, 5) is 24.9. The maximum absolute atomic E-state index is 10.2. The molecule has 0 aromatic rings. The van der Waals surface area contributed by atoms with Gasteiger partial charge in [0.2, 0.25) is 0 Å². The zero-order chi connectivity index (χ0) is 16.9. The minimum atomic E-state index is -0.209. The summed E-state index contributed by atoms with van der Waals surface area (Å²) in [6.07, 6.45) is 3.71. The summed E-state index contributed by atoms with van der Waals surface area (Å²) in [6.45, 7) is 3.86. The molecule has 0 aromatic carbocycles. The molecule has 0 aromatic heterocycles. The van der Waals surface area contributed by atoms with Gasteiger partial charge in [-0.1, -0.05) is 12.8 Å².